The number of nitro benzene ring substituents is 1. The highest BCUT2D eigenvalue weighted by molar-refractivity contribution is 6.00. The lowest BCUT2D eigenvalue weighted by atomic mass is 10.1. The third-order valence-corrected chi connectivity index (χ3v) is 2.88. The largest absolute Gasteiger partial charge is 0.396 e. The summed E-state index contributed by atoms with van der Waals surface area (Å²) in [6, 6.07) is 4.29. The SMILES string of the molecule is CCN(CCCO)c1ccc([N+](=O)[O-])cc1C(C)=O. The summed E-state index contributed by atoms with van der Waals surface area (Å²) in [5.74, 6) is -0.207. The number of hydrogen-bond acceptors (Lipinski definition) is 5. The molecule has 0 amide bonds. The van der Waals surface area contributed by atoms with Gasteiger partial charge in [0.1, 0.15) is 0 Å². The predicted molar refractivity (Wildman–Crippen MR) is 72.7 cm³/mol. The third-order valence-electron chi connectivity index (χ3n) is 2.88. The predicted octanol–water partition coefficient (Wildman–Crippen LogP) is 2.01. The van der Waals surface area contributed by atoms with Gasteiger partial charge in [-0.3, -0.25) is 14.9 Å². The minimum atomic E-state index is -0.514. The van der Waals surface area contributed by atoms with Crippen LogP contribution in [0.5, 0.6) is 0 Å². The van der Waals surface area contributed by atoms with E-state index < -0.39 is 4.92 Å². The number of carbonyl (C=O) groups is 1. The van der Waals surface area contributed by atoms with E-state index in [0.717, 1.165) is 0 Å². The Balaban J connectivity index is 3.17. The fraction of sp³-hybridized carbons (Fsp3) is 0.462. The van der Waals surface area contributed by atoms with Crippen LogP contribution in [0.2, 0.25) is 0 Å². The van der Waals surface area contributed by atoms with Crippen LogP contribution in [0.3, 0.4) is 0 Å². The molecule has 0 fully saturated rings. The fourth-order valence-corrected chi connectivity index (χ4v) is 1.91. The summed E-state index contributed by atoms with van der Waals surface area (Å²) in [4.78, 5) is 23.8. The van der Waals surface area contributed by atoms with Crippen molar-refractivity contribution in [3.05, 3.63) is 33.9 Å². The second-order valence-electron chi connectivity index (χ2n) is 4.17. The van der Waals surface area contributed by atoms with Crippen LogP contribution in [0.1, 0.15) is 30.6 Å². The molecule has 0 spiro atoms. The lowest BCUT2D eigenvalue weighted by Gasteiger charge is -2.24. The van der Waals surface area contributed by atoms with Crippen molar-refractivity contribution in [3.8, 4) is 0 Å². The van der Waals surface area contributed by atoms with Crippen LogP contribution in [-0.4, -0.2) is 35.5 Å². The molecule has 1 N–H and O–H groups in total. The molecule has 1 rings (SSSR count). The second-order valence-corrected chi connectivity index (χ2v) is 4.17. The van der Waals surface area contributed by atoms with Gasteiger partial charge in [0, 0.05) is 43.1 Å². The van der Waals surface area contributed by atoms with Crippen molar-refractivity contribution >= 4 is 17.2 Å². The number of carbonyl (C=O) groups excluding carboxylic acids is 1. The molecule has 0 radical (unpaired) electrons. The number of anilines is 1. The van der Waals surface area contributed by atoms with Crippen molar-refractivity contribution in [2.45, 2.75) is 20.3 Å². The van der Waals surface area contributed by atoms with E-state index in [4.69, 9.17) is 5.11 Å². The maximum atomic E-state index is 11.6. The molecular weight excluding hydrogens is 248 g/mol. The van der Waals surface area contributed by atoms with Gasteiger partial charge >= 0.3 is 0 Å². The number of hydrogen-bond donors (Lipinski definition) is 1. The maximum absolute atomic E-state index is 11.6. The molecule has 0 heterocycles. The zero-order chi connectivity index (χ0) is 14.4. The van der Waals surface area contributed by atoms with E-state index in [2.05, 4.69) is 0 Å². The number of nitro groups is 1. The molecule has 0 saturated carbocycles. The standard InChI is InChI=1S/C13H18N2O4/c1-3-14(7-4-8-16)13-6-5-11(15(18)19)9-12(13)10(2)17/h5-6,9,16H,3-4,7-8H2,1-2H3. The molecule has 0 atom stereocenters. The van der Waals surface area contributed by atoms with Crippen LogP contribution in [-0.2, 0) is 0 Å². The van der Waals surface area contributed by atoms with Crippen LogP contribution in [0.4, 0.5) is 11.4 Å². The van der Waals surface area contributed by atoms with Crippen molar-refractivity contribution in [1.29, 1.82) is 0 Å². The van der Waals surface area contributed by atoms with E-state index in [1.165, 1.54) is 19.1 Å². The molecule has 0 aliphatic heterocycles. The Bertz CT molecular complexity index is 474. The molecule has 19 heavy (non-hydrogen) atoms. The minimum absolute atomic E-state index is 0.0683. The van der Waals surface area contributed by atoms with Crippen molar-refractivity contribution < 1.29 is 14.8 Å². The third kappa shape index (κ3) is 3.75. The first kappa shape index (κ1) is 15.1. The molecule has 104 valence electrons. The molecule has 6 heteroatoms. The number of benzene rings is 1. The maximum Gasteiger partial charge on any atom is 0.270 e. The van der Waals surface area contributed by atoms with Gasteiger partial charge in [0.05, 0.1) is 4.92 Å². The van der Waals surface area contributed by atoms with Crippen molar-refractivity contribution in [3.63, 3.8) is 0 Å². The van der Waals surface area contributed by atoms with E-state index in [9.17, 15) is 14.9 Å². The van der Waals surface area contributed by atoms with Gasteiger partial charge in [-0.2, -0.15) is 0 Å². The Morgan fingerprint density at radius 2 is 2.16 bits per heavy atom. The number of Topliss-reactive ketones (excluding diaryl/α,β-unsaturated/α-hetero) is 1. The summed E-state index contributed by atoms with van der Waals surface area (Å²) in [7, 11) is 0. The summed E-state index contributed by atoms with van der Waals surface area (Å²) in [5, 5.41) is 19.6. The van der Waals surface area contributed by atoms with Gasteiger partial charge in [0.15, 0.2) is 5.78 Å². The summed E-state index contributed by atoms with van der Waals surface area (Å²) in [5.41, 5.74) is 0.926. The van der Waals surface area contributed by atoms with Gasteiger partial charge in [0.25, 0.3) is 5.69 Å². The number of non-ortho nitro benzene ring substituents is 1. The highest BCUT2D eigenvalue weighted by Gasteiger charge is 2.17. The fourth-order valence-electron chi connectivity index (χ4n) is 1.91. The number of ketones is 1. The van der Waals surface area contributed by atoms with Crippen LogP contribution in [0, 0.1) is 10.1 Å². The summed E-state index contributed by atoms with van der Waals surface area (Å²) >= 11 is 0. The smallest absolute Gasteiger partial charge is 0.270 e. The number of nitrogens with zero attached hydrogens (tertiary/aromatic N) is 2. The first-order valence-electron chi connectivity index (χ1n) is 6.16. The molecule has 6 nitrogen and oxygen atoms in total. The van der Waals surface area contributed by atoms with Crippen molar-refractivity contribution in [2.75, 3.05) is 24.6 Å². The first-order chi connectivity index (χ1) is 9.01. The average molecular weight is 266 g/mol. The van der Waals surface area contributed by atoms with Crippen molar-refractivity contribution in [2.24, 2.45) is 0 Å². The van der Waals surface area contributed by atoms with Crippen LogP contribution >= 0.6 is 0 Å². The highest BCUT2D eigenvalue weighted by atomic mass is 16.6. The van der Waals surface area contributed by atoms with E-state index in [1.807, 2.05) is 11.8 Å². The van der Waals surface area contributed by atoms with Crippen LogP contribution in [0.15, 0.2) is 18.2 Å². The highest BCUT2D eigenvalue weighted by Crippen LogP contribution is 2.26. The topological polar surface area (TPSA) is 83.7 Å². The molecule has 0 bridgehead atoms. The number of rotatable bonds is 7. The molecular formula is C13H18N2O4. The van der Waals surface area contributed by atoms with Gasteiger partial charge in [-0.05, 0) is 26.3 Å². The Kier molecular flexibility index (Phi) is 5.44. The van der Waals surface area contributed by atoms with Gasteiger partial charge < -0.3 is 10.0 Å². The molecule has 0 unspecified atom stereocenters. The lowest BCUT2D eigenvalue weighted by Crippen LogP contribution is -2.26. The lowest BCUT2D eigenvalue weighted by molar-refractivity contribution is -0.384. The second kappa shape index (κ2) is 6.84. The van der Waals surface area contributed by atoms with E-state index in [0.29, 0.717) is 30.8 Å². The normalized spacial score (nSPS) is 10.3. The zero-order valence-corrected chi connectivity index (χ0v) is 11.1. The van der Waals surface area contributed by atoms with Gasteiger partial charge in [-0.1, -0.05) is 0 Å². The van der Waals surface area contributed by atoms with Gasteiger partial charge in [-0.25, -0.2) is 0 Å². The van der Waals surface area contributed by atoms with E-state index >= 15 is 0 Å². The summed E-state index contributed by atoms with van der Waals surface area (Å²) in [6.07, 6.45) is 0.585. The van der Waals surface area contributed by atoms with E-state index in [1.54, 1.807) is 6.07 Å². The van der Waals surface area contributed by atoms with Crippen molar-refractivity contribution in [1.82, 2.24) is 0 Å². The zero-order valence-electron chi connectivity index (χ0n) is 11.1. The summed E-state index contributed by atoms with van der Waals surface area (Å²) < 4.78 is 0. The molecule has 0 aliphatic carbocycles. The summed E-state index contributed by atoms with van der Waals surface area (Å²) in [6.45, 7) is 4.66. The molecule has 0 aromatic heterocycles. The average Bonchev–Trinajstić information content (AvgIpc) is 2.39. The van der Waals surface area contributed by atoms with E-state index in [-0.39, 0.29) is 18.1 Å². The Morgan fingerprint density at radius 3 is 2.63 bits per heavy atom. The molecule has 1 aromatic rings. The molecule has 1 aromatic carbocycles. The van der Waals surface area contributed by atoms with Gasteiger partial charge in [0.2, 0.25) is 0 Å². The monoisotopic (exact) mass is 266 g/mol. The first-order valence-corrected chi connectivity index (χ1v) is 6.16. The number of aliphatic hydroxyl groups is 1. The van der Waals surface area contributed by atoms with Crippen LogP contribution in [0.25, 0.3) is 0 Å². The quantitative estimate of drug-likeness (QED) is 0.463. The number of aliphatic hydroxyl groups excluding tert-OH is 1. The minimum Gasteiger partial charge on any atom is -0.396 e. The Labute approximate surface area is 111 Å². The Hall–Kier alpha value is -1.95. The van der Waals surface area contributed by atoms with Gasteiger partial charge in [-0.15, -0.1) is 0 Å². The molecule has 0 saturated heterocycles. The Morgan fingerprint density at radius 1 is 1.47 bits per heavy atom. The van der Waals surface area contributed by atoms with Crippen LogP contribution < -0.4 is 4.90 Å². The molecule has 0 aliphatic rings.